The zero-order valence-corrected chi connectivity index (χ0v) is 23.9. The molecule has 39 heavy (non-hydrogen) atoms. The Morgan fingerprint density at radius 1 is 1.05 bits per heavy atom. The van der Waals surface area contributed by atoms with Crippen molar-refractivity contribution in [3.05, 3.63) is 34.9 Å². The minimum Gasteiger partial charge on any atom is -0.356 e. The van der Waals surface area contributed by atoms with Gasteiger partial charge in [-0.25, -0.2) is 0 Å². The summed E-state index contributed by atoms with van der Waals surface area (Å²) in [5.41, 5.74) is 16.9. The third-order valence-corrected chi connectivity index (χ3v) is 9.80. The Morgan fingerprint density at radius 3 is 2.51 bits per heavy atom. The predicted octanol–water partition coefficient (Wildman–Crippen LogP) is 1.59. The molecule has 2 aliphatic heterocycles. The Morgan fingerprint density at radius 2 is 1.82 bits per heavy atom. The summed E-state index contributed by atoms with van der Waals surface area (Å²) in [6.07, 6.45) is 15.5. The van der Waals surface area contributed by atoms with Gasteiger partial charge in [0.15, 0.2) is 0 Å². The molecule has 5 rings (SSSR count). The highest BCUT2D eigenvalue weighted by Crippen LogP contribution is 2.39. The average Bonchev–Trinajstić information content (AvgIpc) is 3.59. The lowest BCUT2D eigenvalue weighted by atomic mass is 9.75. The largest absolute Gasteiger partial charge is 0.356 e. The van der Waals surface area contributed by atoms with Gasteiger partial charge in [-0.15, -0.1) is 0 Å². The predicted molar refractivity (Wildman–Crippen MR) is 153 cm³/mol. The number of carbonyl (C=O) groups excluding carboxylic acids is 1. The molecule has 9 atom stereocenters. The normalized spacial score (nSPS) is 36.7. The van der Waals surface area contributed by atoms with Gasteiger partial charge in [-0.3, -0.25) is 20.7 Å². The van der Waals surface area contributed by atoms with Crippen LogP contribution in [0.3, 0.4) is 0 Å². The molecule has 5 aliphatic rings. The Kier molecular flexibility index (Phi) is 9.28. The lowest BCUT2D eigenvalue weighted by Gasteiger charge is -2.34. The minimum absolute atomic E-state index is 0.0365. The summed E-state index contributed by atoms with van der Waals surface area (Å²) in [6.45, 7) is 4.74. The van der Waals surface area contributed by atoms with Crippen molar-refractivity contribution in [1.82, 2.24) is 20.9 Å². The molecule has 7 unspecified atom stereocenters. The Labute approximate surface area is 233 Å². The van der Waals surface area contributed by atoms with Crippen LogP contribution in [0.5, 0.6) is 0 Å². The third-order valence-electron chi connectivity index (χ3n) is 9.80. The van der Waals surface area contributed by atoms with Crippen molar-refractivity contribution in [3.63, 3.8) is 0 Å². The van der Waals surface area contributed by atoms with E-state index in [1.165, 1.54) is 30.2 Å². The van der Waals surface area contributed by atoms with Crippen LogP contribution in [-0.2, 0) is 9.53 Å². The lowest BCUT2D eigenvalue weighted by molar-refractivity contribution is -0.145. The number of nitrogens with two attached hydrogens (primary N) is 2. The molecular weight excluding hydrogens is 492 g/mol. The number of nitrogens with zero attached hydrogens (tertiary/aromatic N) is 1. The van der Waals surface area contributed by atoms with E-state index in [0.29, 0.717) is 18.0 Å². The van der Waals surface area contributed by atoms with Gasteiger partial charge in [0.25, 0.3) is 0 Å². The lowest BCUT2D eigenvalue weighted by Crippen LogP contribution is -2.58. The quantitative estimate of drug-likeness (QED) is 0.201. The average molecular weight is 543 g/mol. The van der Waals surface area contributed by atoms with E-state index in [1.54, 1.807) is 0 Å². The number of aliphatic hydroxyl groups is 1. The maximum Gasteiger partial charge on any atom is 0.240 e. The van der Waals surface area contributed by atoms with E-state index in [-0.39, 0.29) is 36.1 Å². The number of allylic oxidation sites excluding steroid dienone is 2. The first-order valence-electron chi connectivity index (χ1n) is 15.1. The van der Waals surface area contributed by atoms with E-state index < -0.39 is 12.5 Å². The molecule has 0 aromatic carbocycles. The van der Waals surface area contributed by atoms with Crippen molar-refractivity contribution in [2.24, 2.45) is 23.3 Å². The second-order valence-corrected chi connectivity index (χ2v) is 12.7. The SMILES string of the molecule is COC(O)N[C@H](C(=O)N1CCC[C@H]1C1NC2CC=C(C3=CCC(C4=CCC(N)C(N)C4)CC3)CC2N1)C(C)C. The maximum absolute atomic E-state index is 13.6. The smallest absolute Gasteiger partial charge is 0.240 e. The highest BCUT2D eigenvalue weighted by molar-refractivity contribution is 5.82. The zero-order valence-electron chi connectivity index (χ0n) is 23.9. The van der Waals surface area contributed by atoms with Gasteiger partial charge in [-0.2, -0.15) is 0 Å². The molecule has 2 saturated heterocycles. The van der Waals surface area contributed by atoms with Crippen molar-refractivity contribution < 1.29 is 14.6 Å². The van der Waals surface area contributed by atoms with Crippen molar-refractivity contribution in [1.29, 1.82) is 0 Å². The Bertz CT molecular complexity index is 980. The molecule has 3 aliphatic carbocycles. The van der Waals surface area contributed by atoms with Crippen molar-refractivity contribution in [3.8, 4) is 0 Å². The van der Waals surface area contributed by atoms with Gasteiger partial charge in [0.1, 0.15) is 0 Å². The van der Waals surface area contributed by atoms with Crippen LogP contribution in [0.2, 0.25) is 0 Å². The molecule has 9 nitrogen and oxygen atoms in total. The molecular formula is C30H50N6O3. The monoisotopic (exact) mass is 542 g/mol. The first-order valence-corrected chi connectivity index (χ1v) is 15.1. The number of hydrogen-bond donors (Lipinski definition) is 6. The first-order chi connectivity index (χ1) is 18.7. The number of methoxy groups -OCH3 is 1. The number of fused-ring (bicyclic) bond motifs is 1. The third kappa shape index (κ3) is 6.35. The zero-order chi connectivity index (χ0) is 27.7. The Balaban J connectivity index is 1.17. The fraction of sp³-hybridized carbons (Fsp3) is 0.767. The fourth-order valence-electron chi connectivity index (χ4n) is 7.38. The second kappa shape index (κ2) is 12.5. The molecule has 0 radical (unpaired) electrons. The van der Waals surface area contributed by atoms with E-state index in [1.807, 2.05) is 18.7 Å². The van der Waals surface area contributed by atoms with E-state index in [9.17, 15) is 9.90 Å². The van der Waals surface area contributed by atoms with Crippen molar-refractivity contribution >= 4 is 5.91 Å². The molecule has 9 heteroatoms. The summed E-state index contributed by atoms with van der Waals surface area (Å²) >= 11 is 0. The van der Waals surface area contributed by atoms with Crippen LogP contribution in [0.4, 0.5) is 0 Å². The number of ether oxygens (including phenoxy) is 1. The summed E-state index contributed by atoms with van der Waals surface area (Å²) in [5.74, 6) is 0.688. The molecule has 2 heterocycles. The highest BCUT2D eigenvalue weighted by Gasteiger charge is 2.44. The van der Waals surface area contributed by atoms with Crippen molar-refractivity contribution in [2.75, 3.05) is 13.7 Å². The number of amides is 1. The Hall–Kier alpha value is -1.59. The van der Waals surface area contributed by atoms with Gasteiger partial charge in [-0.05, 0) is 80.8 Å². The van der Waals surface area contributed by atoms with E-state index in [0.717, 1.165) is 57.9 Å². The van der Waals surface area contributed by atoms with Gasteiger partial charge in [-0.1, -0.05) is 37.6 Å². The molecule has 0 bridgehead atoms. The van der Waals surface area contributed by atoms with Crippen molar-refractivity contribution in [2.45, 2.75) is 120 Å². The first kappa shape index (κ1) is 28.9. The molecule has 8 N–H and O–H groups in total. The summed E-state index contributed by atoms with van der Waals surface area (Å²) in [7, 11) is 1.43. The summed E-state index contributed by atoms with van der Waals surface area (Å²) in [6, 6.07) is 0.578. The number of rotatable bonds is 8. The van der Waals surface area contributed by atoms with Gasteiger partial charge in [0.05, 0.1) is 18.2 Å². The molecule has 0 saturated carbocycles. The number of nitrogens with one attached hydrogen (secondary N) is 3. The number of likely N-dealkylation sites (tertiary alicyclic amines) is 1. The van der Waals surface area contributed by atoms with Gasteiger partial charge in [0, 0.05) is 37.8 Å². The van der Waals surface area contributed by atoms with Gasteiger partial charge < -0.3 is 26.2 Å². The molecule has 0 aromatic rings. The van der Waals surface area contributed by atoms with Crippen LogP contribution in [0.25, 0.3) is 0 Å². The number of hydrogen-bond acceptors (Lipinski definition) is 8. The van der Waals surface area contributed by atoms with E-state index in [2.05, 4.69) is 34.2 Å². The van der Waals surface area contributed by atoms with Crippen LogP contribution in [0.1, 0.15) is 71.6 Å². The molecule has 0 spiro atoms. The molecule has 2 fully saturated rings. The molecule has 0 aromatic heterocycles. The summed E-state index contributed by atoms with van der Waals surface area (Å²) in [4.78, 5) is 15.6. The maximum atomic E-state index is 13.6. The summed E-state index contributed by atoms with van der Waals surface area (Å²) in [5, 5.41) is 20.6. The van der Waals surface area contributed by atoms with E-state index in [4.69, 9.17) is 16.2 Å². The van der Waals surface area contributed by atoms with Gasteiger partial charge in [0.2, 0.25) is 12.3 Å². The fourth-order valence-corrected chi connectivity index (χ4v) is 7.38. The van der Waals surface area contributed by atoms with Crippen LogP contribution < -0.4 is 27.4 Å². The van der Waals surface area contributed by atoms with Crippen LogP contribution >= 0.6 is 0 Å². The number of carbonyl (C=O) groups is 1. The molecule has 218 valence electrons. The van der Waals surface area contributed by atoms with E-state index >= 15 is 0 Å². The van der Waals surface area contributed by atoms with Crippen LogP contribution in [0, 0.1) is 11.8 Å². The van der Waals surface area contributed by atoms with Gasteiger partial charge >= 0.3 is 0 Å². The summed E-state index contributed by atoms with van der Waals surface area (Å²) < 4.78 is 4.97. The number of aliphatic hydroxyl groups excluding tert-OH is 1. The van der Waals surface area contributed by atoms with Crippen LogP contribution in [0.15, 0.2) is 34.9 Å². The topological polar surface area (TPSA) is 138 Å². The minimum atomic E-state index is -1.16. The van der Waals surface area contributed by atoms with Crippen LogP contribution in [-0.4, -0.2) is 78.4 Å². The molecule has 1 amide bonds. The standard InChI is InChI=1S/C30H50N6O3/c1-17(2)27(35-30(38)39-3)29(37)36-14-4-5-26(36)28-33-24-13-11-21(16-25(24)34-28)19-8-6-18(7-9-19)20-10-12-22(31)23(32)15-20/h8,10-11,17-18,22-28,30,33-35,38H,4-7,9,12-16,31-32H2,1-3H3/t18?,22?,23?,24?,25?,26-,27-,28?,30?/m0/s1. The highest BCUT2D eigenvalue weighted by atomic mass is 16.6. The second-order valence-electron chi connectivity index (χ2n) is 12.7.